The van der Waals surface area contributed by atoms with Gasteiger partial charge in [-0.25, -0.2) is 8.42 Å². The van der Waals surface area contributed by atoms with Crippen molar-refractivity contribution in [2.24, 2.45) is 4.99 Å². The average Bonchev–Trinajstić information content (AvgIpc) is 3.29. The number of carbonyl (C=O) groups is 1. The molecule has 3 aromatic rings. The number of nitrogens with zero attached hydrogens (tertiary/aromatic N) is 2. The van der Waals surface area contributed by atoms with Crippen LogP contribution in [-0.2, 0) is 20.0 Å². The fraction of sp³-hybridized carbons (Fsp3) is 0.429. The van der Waals surface area contributed by atoms with E-state index in [0.29, 0.717) is 39.5 Å². The van der Waals surface area contributed by atoms with E-state index >= 15 is 0 Å². The van der Waals surface area contributed by atoms with E-state index in [1.165, 1.54) is 0 Å². The zero-order chi connectivity index (χ0) is 25.6. The molecule has 3 aliphatic rings. The van der Waals surface area contributed by atoms with Gasteiger partial charge in [-0.3, -0.25) is 14.7 Å². The van der Waals surface area contributed by atoms with Crippen LogP contribution >= 0.6 is 0 Å². The number of aromatic nitrogens is 1. The van der Waals surface area contributed by atoms with Crippen LogP contribution in [0.1, 0.15) is 45.6 Å². The molecule has 194 valence electrons. The third-order valence-electron chi connectivity index (χ3n) is 8.02. The molecule has 0 saturated carbocycles. The molecule has 0 unspecified atom stereocenters. The Labute approximate surface area is 216 Å². The molecule has 0 radical (unpaired) electrons. The van der Waals surface area contributed by atoms with E-state index in [9.17, 15) is 13.2 Å². The highest BCUT2D eigenvalue weighted by Gasteiger charge is 2.47. The molecule has 2 aromatic carbocycles. The summed E-state index contributed by atoms with van der Waals surface area (Å²) in [5.41, 5.74) is 5.03. The molecule has 0 atom stereocenters. The molecule has 1 N–H and O–H groups in total. The number of rotatable bonds is 5. The van der Waals surface area contributed by atoms with Gasteiger partial charge in [-0.05, 0) is 48.2 Å². The Kier molecular flexibility index (Phi) is 6.17. The number of nitrogens with one attached hydrogen (secondary N) is 1. The molecule has 2 fully saturated rings. The number of H-pyrrole nitrogens is 1. The van der Waals surface area contributed by atoms with Gasteiger partial charge in [0, 0.05) is 73.7 Å². The zero-order valence-corrected chi connectivity index (χ0v) is 21.8. The lowest BCUT2D eigenvalue weighted by Gasteiger charge is -2.41. The number of sulfone groups is 1. The maximum absolute atomic E-state index is 13.8. The van der Waals surface area contributed by atoms with Crippen molar-refractivity contribution < 1.29 is 22.7 Å². The summed E-state index contributed by atoms with van der Waals surface area (Å²) in [7, 11) is -1.15. The molecule has 6 rings (SSSR count). The highest BCUT2D eigenvalue weighted by Crippen LogP contribution is 2.50. The molecule has 2 aliphatic heterocycles. The van der Waals surface area contributed by atoms with Crippen LogP contribution in [-0.4, -0.2) is 88.3 Å². The predicted molar refractivity (Wildman–Crippen MR) is 143 cm³/mol. The van der Waals surface area contributed by atoms with Gasteiger partial charge in [0.15, 0.2) is 15.6 Å². The molecule has 0 amide bonds. The molecule has 9 heteroatoms. The smallest absolute Gasteiger partial charge is 0.195 e. The van der Waals surface area contributed by atoms with E-state index in [4.69, 9.17) is 9.47 Å². The number of fused-ring (bicyclic) bond motifs is 6. The largest absolute Gasteiger partial charge is 0.492 e. The number of benzene rings is 2. The maximum Gasteiger partial charge on any atom is 0.195 e. The zero-order valence-electron chi connectivity index (χ0n) is 21.0. The molecule has 1 spiro atoms. The number of hydrogen-bond acceptors (Lipinski definition) is 7. The third-order valence-corrected chi connectivity index (χ3v) is 9.63. The second-order valence-corrected chi connectivity index (χ2v) is 12.4. The van der Waals surface area contributed by atoms with Gasteiger partial charge in [0.25, 0.3) is 0 Å². The highest BCUT2D eigenvalue weighted by molar-refractivity contribution is 7.91. The number of carbonyl (C=O) groups excluding carboxylic acids is 1. The third kappa shape index (κ3) is 4.28. The van der Waals surface area contributed by atoms with E-state index < -0.39 is 9.84 Å². The topological polar surface area (TPSA) is 101 Å². The van der Waals surface area contributed by atoms with Crippen LogP contribution in [0.5, 0.6) is 5.75 Å². The Morgan fingerprint density at radius 3 is 2.68 bits per heavy atom. The predicted octanol–water partition coefficient (Wildman–Crippen LogP) is 2.97. The van der Waals surface area contributed by atoms with E-state index in [1.54, 1.807) is 7.05 Å². The van der Waals surface area contributed by atoms with Gasteiger partial charge in [-0.2, -0.15) is 0 Å². The van der Waals surface area contributed by atoms with Crippen molar-refractivity contribution in [3.63, 3.8) is 0 Å². The Balaban J connectivity index is 1.33. The summed E-state index contributed by atoms with van der Waals surface area (Å²) in [6, 6.07) is 11.9. The Morgan fingerprint density at radius 1 is 1.14 bits per heavy atom. The van der Waals surface area contributed by atoms with E-state index in [2.05, 4.69) is 14.9 Å². The summed E-state index contributed by atoms with van der Waals surface area (Å²) in [5, 5.41) is 0.939. The van der Waals surface area contributed by atoms with Crippen molar-refractivity contribution in [2.45, 2.75) is 18.3 Å². The molecule has 37 heavy (non-hydrogen) atoms. The van der Waals surface area contributed by atoms with Gasteiger partial charge in [0.1, 0.15) is 12.4 Å². The summed E-state index contributed by atoms with van der Waals surface area (Å²) in [5.74, 6) is 1.17. The minimum atomic E-state index is -2.90. The SMILES string of the molecule is CN=Cc1ccc2c3c([nH]c2c1)C1(CCOCC1)c1cc(OCCN2CCS(=O)(=O)CC2)ccc1C3=O. The molecule has 3 heterocycles. The quantitative estimate of drug-likeness (QED) is 0.518. The summed E-state index contributed by atoms with van der Waals surface area (Å²) in [6.45, 7) is 3.46. The minimum Gasteiger partial charge on any atom is -0.492 e. The molecule has 1 aromatic heterocycles. The van der Waals surface area contributed by atoms with Crippen LogP contribution in [0.15, 0.2) is 41.4 Å². The lowest BCUT2D eigenvalue weighted by atomic mass is 9.64. The number of aromatic amines is 1. The molecule has 0 bridgehead atoms. The Morgan fingerprint density at radius 2 is 1.92 bits per heavy atom. The molecule has 2 saturated heterocycles. The van der Waals surface area contributed by atoms with Crippen molar-refractivity contribution >= 4 is 32.7 Å². The first-order valence-corrected chi connectivity index (χ1v) is 14.6. The van der Waals surface area contributed by atoms with Crippen LogP contribution in [0.4, 0.5) is 0 Å². The first-order chi connectivity index (χ1) is 17.9. The summed E-state index contributed by atoms with van der Waals surface area (Å²) in [4.78, 5) is 23.7. The molecule has 8 nitrogen and oxygen atoms in total. The number of ether oxygens (including phenoxy) is 2. The number of aliphatic imine (C=N–C) groups is 1. The second kappa shape index (κ2) is 9.38. The van der Waals surface area contributed by atoms with Crippen molar-refractivity contribution in [2.75, 3.05) is 58.0 Å². The van der Waals surface area contributed by atoms with Crippen molar-refractivity contribution in [3.05, 3.63) is 64.3 Å². The summed E-state index contributed by atoms with van der Waals surface area (Å²) in [6.07, 6.45) is 3.37. The van der Waals surface area contributed by atoms with Gasteiger partial charge >= 0.3 is 0 Å². The molecular weight excluding hydrogens is 490 g/mol. The highest BCUT2D eigenvalue weighted by atomic mass is 32.2. The first kappa shape index (κ1) is 24.3. The van der Waals surface area contributed by atoms with Crippen LogP contribution in [0.2, 0.25) is 0 Å². The Bertz CT molecular complexity index is 1490. The lowest BCUT2D eigenvalue weighted by molar-refractivity contribution is 0.0601. The van der Waals surface area contributed by atoms with Gasteiger partial charge in [0.05, 0.1) is 17.1 Å². The summed E-state index contributed by atoms with van der Waals surface area (Å²) >= 11 is 0. The maximum atomic E-state index is 13.8. The van der Waals surface area contributed by atoms with E-state index in [1.807, 2.05) is 42.6 Å². The van der Waals surface area contributed by atoms with Gasteiger partial charge < -0.3 is 14.5 Å². The van der Waals surface area contributed by atoms with Crippen molar-refractivity contribution in [1.82, 2.24) is 9.88 Å². The van der Waals surface area contributed by atoms with Gasteiger partial charge in [-0.15, -0.1) is 0 Å². The second-order valence-electron chi connectivity index (χ2n) is 10.1. The lowest BCUT2D eigenvalue weighted by Crippen LogP contribution is -2.42. The molecule has 1 aliphatic carbocycles. The number of ketones is 1. The fourth-order valence-corrected chi connectivity index (χ4v) is 7.30. The van der Waals surface area contributed by atoms with Gasteiger partial charge in [-0.1, -0.05) is 12.1 Å². The minimum absolute atomic E-state index is 0.0337. The molecular formula is C28H31N3O5S. The number of hydrogen-bond donors (Lipinski definition) is 1. The van der Waals surface area contributed by atoms with E-state index in [0.717, 1.165) is 57.4 Å². The van der Waals surface area contributed by atoms with Crippen LogP contribution in [0.3, 0.4) is 0 Å². The van der Waals surface area contributed by atoms with Crippen molar-refractivity contribution in [1.29, 1.82) is 0 Å². The van der Waals surface area contributed by atoms with Gasteiger partial charge in [0.2, 0.25) is 0 Å². The van der Waals surface area contributed by atoms with Crippen LogP contribution in [0.25, 0.3) is 10.9 Å². The summed E-state index contributed by atoms with van der Waals surface area (Å²) < 4.78 is 35.3. The van der Waals surface area contributed by atoms with Crippen LogP contribution in [0, 0.1) is 0 Å². The standard InChI is InChI=1S/C28H31N3O5S/c1-29-18-19-2-4-22-24(16-19)30-27-25(22)26(32)21-5-3-20(17-23(21)28(27)6-11-35-12-7-28)36-13-8-31-9-14-37(33,34)15-10-31/h2-5,16-18,30H,6-15H2,1H3. The Hall–Kier alpha value is -3.01. The fourth-order valence-electron chi connectivity index (χ4n) is 6.02. The first-order valence-electron chi connectivity index (χ1n) is 12.8. The average molecular weight is 522 g/mol. The van der Waals surface area contributed by atoms with E-state index in [-0.39, 0.29) is 22.7 Å². The normalized spacial score (nSPS) is 20.8. The van der Waals surface area contributed by atoms with Crippen LogP contribution < -0.4 is 4.74 Å². The van der Waals surface area contributed by atoms with Crippen molar-refractivity contribution in [3.8, 4) is 5.75 Å². The monoisotopic (exact) mass is 521 g/mol.